The van der Waals surface area contributed by atoms with Gasteiger partial charge in [0.25, 0.3) is 0 Å². The Labute approximate surface area is 74.1 Å². The lowest BCUT2D eigenvalue weighted by molar-refractivity contribution is 0.462. The summed E-state index contributed by atoms with van der Waals surface area (Å²) in [6.07, 6.45) is 1.81. The minimum Gasteiger partial charge on any atom is -0.507 e. The molecule has 0 aliphatic rings. The Hall–Kier alpha value is -0.980. The van der Waals surface area contributed by atoms with Gasteiger partial charge in [0.2, 0.25) is 0 Å². The number of phenols is 1. The number of phenolic OH excluding ortho intramolecular Hbond substituents is 1. The molecule has 12 heavy (non-hydrogen) atoms. The molecule has 0 amide bonds. The van der Waals surface area contributed by atoms with Gasteiger partial charge in [0.1, 0.15) is 5.75 Å². The molecule has 1 N–H and O–H groups in total. The van der Waals surface area contributed by atoms with Crippen molar-refractivity contribution in [2.75, 3.05) is 0 Å². The van der Waals surface area contributed by atoms with E-state index in [9.17, 15) is 5.11 Å². The maximum atomic E-state index is 9.71. The van der Waals surface area contributed by atoms with Crippen molar-refractivity contribution in [2.24, 2.45) is 0 Å². The molecule has 0 aliphatic heterocycles. The van der Waals surface area contributed by atoms with Gasteiger partial charge in [-0.2, -0.15) is 0 Å². The maximum absolute atomic E-state index is 9.71. The molecule has 0 aromatic heterocycles. The molecule has 0 unspecified atom stereocenters. The van der Waals surface area contributed by atoms with Crippen LogP contribution >= 0.6 is 0 Å². The maximum Gasteiger partial charge on any atom is 0.121 e. The quantitative estimate of drug-likeness (QED) is 0.712. The molecule has 0 radical (unpaired) electrons. The van der Waals surface area contributed by atoms with Crippen molar-refractivity contribution in [1.82, 2.24) is 0 Å². The molecule has 0 spiro atoms. The summed E-state index contributed by atoms with van der Waals surface area (Å²) in [5.41, 5.74) is 3.36. The van der Waals surface area contributed by atoms with Crippen LogP contribution < -0.4 is 0 Å². The van der Waals surface area contributed by atoms with Crippen molar-refractivity contribution in [3.8, 4) is 5.75 Å². The monoisotopic (exact) mass is 164 g/mol. The van der Waals surface area contributed by atoms with Crippen molar-refractivity contribution in [1.29, 1.82) is 0 Å². The van der Waals surface area contributed by atoms with Crippen LogP contribution in [-0.4, -0.2) is 5.11 Å². The predicted molar refractivity (Wildman–Crippen MR) is 51.6 cm³/mol. The first-order chi connectivity index (χ1) is 5.69. The number of rotatable bonds is 2. The number of hydrogen-bond acceptors (Lipinski definition) is 1. The lowest BCUT2D eigenvalue weighted by Crippen LogP contribution is -1.90. The largest absolute Gasteiger partial charge is 0.507 e. The average molecular weight is 164 g/mol. The minimum atomic E-state index is 0.491. The highest BCUT2D eigenvalue weighted by atomic mass is 16.3. The smallest absolute Gasteiger partial charge is 0.121 e. The van der Waals surface area contributed by atoms with Crippen LogP contribution in [0.4, 0.5) is 0 Å². The molecule has 0 heterocycles. The van der Waals surface area contributed by atoms with E-state index in [1.165, 1.54) is 5.56 Å². The van der Waals surface area contributed by atoms with Crippen LogP contribution in [0.5, 0.6) is 5.75 Å². The Bertz CT molecular complexity index is 251. The van der Waals surface area contributed by atoms with Crippen LogP contribution in [0.25, 0.3) is 0 Å². The van der Waals surface area contributed by atoms with Crippen LogP contribution in [0.1, 0.15) is 30.5 Å². The fraction of sp³-hybridized carbons (Fsp3) is 0.455. The minimum absolute atomic E-state index is 0.491. The van der Waals surface area contributed by atoms with Crippen molar-refractivity contribution in [3.63, 3.8) is 0 Å². The van der Waals surface area contributed by atoms with Crippen LogP contribution in [0, 0.1) is 6.92 Å². The standard InChI is InChI=1S/C11H16O/c1-4-9-6-8(3)7-10(5-2)11(9)12/h6-7,12H,4-5H2,1-3H3. The molecule has 0 fully saturated rings. The average Bonchev–Trinajstić information content (AvgIpc) is 2.08. The second-order valence-corrected chi connectivity index (χ2v) is 3.14. The highest BCUT2D eigenvalue weighted by Gasteiger charge is 2.04. The summed E-state index contributed by atoms with van der Waals surface area (Å²) in [4.78, 5) is 0. The third-order valence-corrected chi connectivity index (χ3v) is 2.17. The molecular formula is C11H16O. The van der Waals surface area contributed by atoms with Gasteiger partial charge < -0.3 is 5.11 Å². The van der Waals surface area contributed by atoms with Gasteiger partial charge >= 0.3 is 0 Å². The predicted octanol–water partition coefficient (Wildman–Crippen LogP) is 2.83. The van der Waals surface area contributed by atoms with Crippen molar-refractivity contribution in [2.45, 2.75) is 33.6 Å². The second kappa shape index (κ2) is 3.61. The summed E-state index contributed by atoms with van der Waals surface area (Å²) in [5, 5.41) is 9.71. The Morgan fingerprint density at radius 2 is 1.50 bits per heavy atom. The summed E-state index contributed by atoms with van der Waals surface area (Å²) < 4.78 is 0. The topological polar surface area (TPSA) is 20.2 Å². The van der Waals surface area contributed by atoms with E-state index in [1.54, 1.807) is 0 Å². The van der Waals surface area contributed by atoms with Gasteiger partial charge in [0, 0.05) is 0 Å². The third-order valence-electron chi connectivity index (χ3n) is 2.17. The van der Waals surface area contributed by atoms with Gasteiger partial charge in [-0.05, 0) is 30.9 Å². The number of benzene rings is 1. The van der Waals surface area contributed by atoms with Gasteiger partial charge in [-0.3, -0.25) is 0 Å². The third kappa shape index (κ3) is 1.60. The molecular weight excluding hydrogens is 148 g/mol. The van der Waals surface area contributed by atoms with Gasteiger partial charge in [0.15, 0.2) is 0 Å². The van der Waals surface area contributed by atoms with Crippen LogP contribution in [0.15, 0.2) is 12.1 Å². The Morgan fingerprint density at radius 3 is 1.83 bits per heavy atom. The molecule has 1 aromatic rings. The first-order valence-electron chi connectivity index (χ1n) is 4.50. The molecule has 1 rings (SSSR count). The van der Waals surface area contributed by atoms with Crippen molar-refractivity contribution >= 4 is 0 Å². The number of aryl methyl sites for hydroxylation is 3. The summed E-state index contributed by atoms with van der Waals surface area (Å²) in [7, 11) is 0. The second-order valence-electron chi connectivity index (χ2n) is 3.14. The summed E-state index contributed by atoms with van der Waals surface area (Å²) >= 11 is 0. The van der Waals surface area contributed by atoms with Gasteiger partial charge in [0.05, 0.1) is 0 Å². The van der Waals surface area contributed by atoms with E-state index in [1.807, 2.05) is 0 Å². The van der Waals surface area contributed by atoms with E-state index >= 15 is 0 Å². The highest BCUT2D eigenvalue weighted by molar-refractivity contribution is 5.43. The van der Waals surface area contributed by atoms with Gasteiger partial charge in [-0.15, -0.1) is 0 Å². The van der Waals surface area contributed by atoms with E-state index in [0.29, 0.717) is 5.75 Å². The van der Waals surface area contributed by atoms with Crippen molar-refractivity contribution in [3.05, 3.63) is 28.8 Å². The van der Waals surface area contributed by atoms with E-state index in [0.717, 1.165) is 24.0 Å². The Kier molecular flexibility index (Phi) is 2.74. The molecule has 0 aliphatic carbocycles. The number of aromatic hydroxyl groups is 1. The highest BCUT2D eigenvalue weighted by Crippen LogP contribution is 2.25. The zero-order chi connectivity index (χ0) is 9.14. The van der Waals surface area contributed by atoms with Crippen molar-refractivity contribution < 1.29 is 5.11 Å². The van der Waals surface area contributed by atoms with Gasteiger partial charge in [-0.1, -0.05) is 31.5 Å². The zero-order valence-electron chi connectivity index (χ0n) is 8.02. The first kappa shape index (κ1) is 9.11. The van der Waals surface area contributed by atoms with E-state index < -0.39 is 0 Å². The molecule has 0 atom stereocenters. The lowest BCUT2D eigenvalue weighted by Gasteiger charge is -2.08. The molecule has 1 nitrogen and oxygen atoms in total. The molecule has 0 bridgehead atoms. The normalized spacial score (nSPS) is 10.2. The molecule has 66 valence electrons. The lowest BCUT2D eigenvalue weighted by atomic mass is 10.0. The molecule has 1 heteroatoms. The molecule has 0 saturated carbocycles. The van der Waals surface area contributed by atoms with E-state index in [4.69, 9.17) is 0 Å². The van der Waals surface area contributed by atoms with Crippen LogP contribution in [0.3, 0.4) is 0 Å². The van der Waals surface area contributed by atoms with E-state index in [-0.39, 0.29) is 0 Å². The van der Waals surface area contributed by atoms with Crippen LogP contribution in [0.2, 0.25) is 0 Å². The first-order valence-corrected chi connectivity index (χ1v) is 4.50. The molecule has 0 saturated heterocycles. The Balaban J connectivity index is 3.22. The summed E-state index contributed by atoms with van der Waals surface area (Å²) in [5.74, 6) is 0.491. The summed E-state index contributed by atoms with van der Waals surface area (Å²) in [6, 6.07) is 4.10. The summed E-state index contributed by atoms with van der Waals surface area (Å²) in [6.45, 7) is 6.19. The van der Waals surface area contributed by atoms with Gasteiger partial charge in [-0.25, -0.2) is 0 Å². The Morgan fingerprint density at radius 1 is 1.08 bits per heavy atom. The zero-order valence-corrected chi connectivity index (χ0v) is 8.02. The number of hydrogen-bond donors (Lipinski definition) is 1. The van der Waals surface area contributed by atoms with Crippen LogP contribution in [-0.2, 0) is 12.8 Å². The fourth-order valence-corrected chi connectivity index (χ4v) is 1.47. The molecule has 1 aromatic carbocycles. The SMILES string of the molecule is CCc1cc(C)cc(CC)c1O. The van der Waals surface area contributed by atoms with E-state index in [2.05, 4.69) is 32.9 Å². The fourth-order valence-electron chi connectivity index (χ4n) is 1.47.